The Balaban J connectivity index is 0.984. The van der Waals surface area contributed by atoms with Crippen molar-refractivity contribution >= 4 is 66.6 Å². The molecule has 0 saturated heterocycles. The minimum atomic E-state index is 1.06. The van der Waals surface area contributed by atoms with Gasteiger partial charge in [0, 0.05) is 55.8 Å². The highest BCUT2D eigenvalue weighted by Gasteiger charge is 2.26. The summed E-state index contributed by atoms with van der Waals surface area (Å²) in [5.74, 6) is 0. The third kappa shape index (κ3) is 8.00. The Morgan fingerprint density at radius 3 is 1.18 bits per heavy atom. The van der Waals surface area contributed by atoms with Gasteiger partial charge in [-0.05, 0) is 129 Å². The van der Waals surface area contributed by atoms with Gasteiger partial charge in [0.2, 0.25) is 0 Å². The number of nitrogens with zero attached hydrogens (tertiary/aromatic N) is 3. The molecule has 0 radical (unpaired) electrons. The van der Waals surface area contributed by atoms with Crippen molar-refractivity contribution in [3.05, 3.63) is 297 Å². The number of fused-ring (bicyclic) bond motifs is 4. The second kappa shape index (κ2) is 18.9. The molecule has 0 saturated carbocycles. The van der Waals surface area contributed by atoms with Crippen molar-refractivity contribution in [3.8, 4) is 50.3 Å². The molecule has 73 heavy (non-hydrogen) atoms. The maximum absolute atomic E-state index is 2.54. The van der Waals surface area contributed by atoms with E-state index in [4.69, 9.17) is 0 Å². The molecule has 0 spiro atoms. The lowest BCUT2D eigenvalue weighted by Crippen LogP contribution is -2.12. The third-order valence-electron chi connectivity index (χ3n) is 14.2. The molecule has 0 aliphatic heterocycles. The first-order chi connectivity index (χ1) is 36.2. The fourth-order valence-electron chi connectivity index (χ4n) is 10.8. The zero-order valence-corrected chi connectivity index (χ0v) is 40.1. The van der Waals surface area contributed by atoms with Crippen molar-refractivity contribution in [3.63, 3.8) is 0 Å². The van der Waals surface area contributed by atoms with Crippen LogP contribution in [0.1, 0.15) is 0 Å². The first kappa shape index (κ1) is 43.3. The highest BCUT2D eigenvalue weighted by atomic mass is 15.2. The third-order valence-corrected chi connectivity index (χ3v) is 14.2. The molecule has 0 atom stereocenters. The second-order valence-corrected chi connectivity index (χ2v) is 18.5. The van der Waals surface area contributed by atoms with Crippen molar-refractivity contribution in [1.29, 1.82) is 0 Å². The normalized spacial score (nSPS) is 11.3. The Bertz CT molecular complexity index is 3980. The molecule has 3 nitrogen and oxygen atoms in total. The second-order valence-electron chi connectivity index (χ2n) is 18.5. The van der Waals surface area contributed by atoms with E-state index in [0.717, 1.165) is 45.4 Å². The predicted molar refractivity (Wildman–Crippen MR) is 309 cm³/mol. The Hall–Kier alpha value is -9.70. The van der Waals surface area contributed by atoms with Crippen molar-refractivity contribution in [2.24, 2.45) is 0 Å². The van der Waals surface area contributed by atoms with Crippen LogP contribution in [0.15, 0.2) is 297 Å². The number of para-hydroxylation sites is 2. The van der Waals surface area contributed by atoms with Gasteiger partial charge in [0.15, 0.2) is 0 Å². The molecule has 12 aromatic carbocycles. The van der Waals surface area contributed by atoms with E-state index in [0.29, 0.717) is 0 Å². The molecular formula is C70H49N3. The van der Waals surface area contributed by atoms with Gasteiger partial charge in [-0.3, -0.25) is 0 Å². The number of benzene rings is 12. The molecule has 3 heteroatoms. The van der Waals surface area contributed by atoms with Crippen molar-refractivity contribution < 1.29 is 0 Å². The number of rotatable bonds is 11. The Morgan fingerprint density at radius 2 is 0.630 bits per heavy atom. The van der Waals surface area contributed by atoms with Crippen LogP contribution in [0.3, 0.4) is 0 Å². The molecule has 0 unspecified atom stereocenters. The van der Waals surface area contributed by atoms with Gasteiger partial charge in [-0.25, -0.2) is 0 Å². The molecule has 0 amide bonds. The van der Waals surface area contributed by atoms with E-state index in [-0.39, 0.29) is 0 Å². The molecule has 0 aliphatic rings. The van der Waals surface area contributed by atoms with Gasteiger partial charge in [-0.15, -0.1) is 0 Å². The zero-order chi connectivity index (χ0) is 48.5. The number of anilines is 6. The van der Waals surface area contributed by atoms with Crippen LogP contribution in [0, 0.1) is 0 Å². The predicted octanol–water partition coefficient (Wildman–Crippen LogP) is 19.5. The smallest absolute Gasteiger partial charge is 0.0620 e. The molecule has 0 fully saturated rings. The van der Waals surface area contributed by atoms with Crippen LogP contribution in [-0.4, -0.2) is 4.57 Å². The molecule has 0 aliphatic carbocycles. The first-order valence-corrected chi connectivity index (χ1v) is 25.0. The van der Waals surface area contributed by atoms with E-state index >= 15 is 0 Å². The van der Waals surface area contributed by atoms with Crippen LogP contribution in [0.4, 0.5) is 34.1 Å². The molecule has 0 N–H and O–H groups in total. The molecule has 13 aromatic rings. The SMILES string of the molecule is c1ccc(-c2ccc(N(c3ccc(-c4cc5c(-c6ccccc6)c(-c6ccccc6)n(-c6cccc7ccccc67)c5c5ccccc45)cc3)c3ccc(N(c4ccccc4)c4ccccc4)cc3)cc2)cc1. The van der Waals surface area contributed by atoms with Gasteiger partial charge in [-0.1, -0.05) is 212 Å². The summed E-state index contributed by atoms with van der Waals surface area (Å²) >= 11 is 0. The lowest BCUT2D eigenvalue weighted by atomic mass is 9.92. The summed E-state index contributed by atoms with van der Waals surface area (Å²) in [6.45, 7) is 0. The zero-order valence-electron chi connectivity index (χ0n) is 40.1. The largest absolute Gasteiger partial charge is 0.311 e. The van der Waals surface area contributed by atoms with E-state index < -0.39 is 0 Å². The van der Waals surface area contributed by atoms with Gasteiger partial charge in [-0.2, -0.15) is 0 Å². The summed E-state index contributed by atoms with van der Waals surface area (Å²) in [7, 11) is 0. The van der Waals surface area contributed by atoms with Gasteiger partial charge in [0.05, 0.1) is 16.9 Å². The van der Waals surface area contributed by atoms with E-state index in [1.807, 2.05) is 0 Å². The number of aromatic nitrogens is 1. The lowest BCUT2D eigenvalue weighted by Gasteiger charge is -2.28. The molecule has 1 heterocycles. The molecule has 344 valence electrons. The standard InChI is InChI=1S/C70H49N3/c1-6-21-50(22-7-1)51-37-41-58(42-38-51)72(61-47-45-60(46-48-61)71(56-29-12-4-13-30-56)57-31-14-5-15-32-57)59-43-39-53(40-44-59)65-49-66-68(54-24-8-2-9-25-54)69(55-26-10-3-11-27-55)73(70(66)64-35-19-18-34-63(64)65)67-36-20-28-52-23-16-17-33-62(52)67/h1-49H. The van der Waals surface area contributed by atoms with Crippen LogP contribution in [0.5, 0.6) is 0 Å². The highest BCUT2D eigenvalue weighted by Crippen LogP contribution is 2.49. The van der Waals surface area contributed by atoms with E-state index in [2.05, 4.69) is 312 Å². The highest BCUT2D eigenvalue weighted by molar-refractivity contribution is 6.20. The minimum absolute atomic E-state index is 1.06. The summed E-state index contributed by atoms with van der Waals surface area (Å²) in [6.07, 6.45) is 0. The van der Waals surface area contributed by atoms with E-state index in [1.54, 1.807) is 0 Å². The molecule has 1 aromatic heterocycles. The van der Waals surface area contributed by atoms with Gasteiger partial charge in [0.1, 0.15) is 0 Å². The topological polar surface area (TPSA) is 11.4 Å². The van der Waals surface area contributed by atoms with Crippen molar-refractivity contribution in [1.82, 2.24) is 4.57 Å². The quantitative estimate of drug-likeness (QED) is 0.128. The minimum Gasteiger partial charge on any atom is -0.311 e. The van der Waals surface area contributed by atoms with Crippen LogP contribution in [0.25, 0.3) is 82.8 Å². The maximum Gasteiger partial charge on any atom is 0.0620 e. The van der Waals surface area contributed by atoms with E-state index in [1.165, 1.54) is 71.5 Å². The summed E-state index contributed by atoms with van der Waals surface area (Å²) < 4.78 is 2.54. The van der Waals surface area contributed by atoms with Crippen molar-refractivity contribution in [2.75, 3.05) is 9.80 Å². The Morgan fingerprint density at radius 1 is 0.247 bits per heavy atom. The number of hydrogen-bond acceptors (Lipinski definition) is 2. The van der Waals surface area contributed by atoms with Crippen LogP contribution in [0.2, 0.25) is 0 Å². The molecule has 13 rings (SSSR count). The maximum atomic E-state index is 2.54. The summed E-state index contributed by atoms with van der Waals surface area (Å²) in [6, 6.07) is 107. The lowest BCUT2D eigenvalue weighted by molar-refractivity contribution is 1.16. The van der Waals surface area contributed by atoms with Crippen LogP contribution < -0.4 is 9.80 Å². The summed E-state index contributed by atoms with van der Waals surface area (Å²) in [4.78, 5) is 4.67. The van der Waals surface area contributed by atoms with Gasteiger partial charge >= 0.3 is 0 Å². The Kier molecular flexibility index (Phi) is 11.2. The van der Waals surface area contributed by atoms with E-state index in [9.17, 15) is 0 Å². The van der Waals surface area contributed by atoms with Crippen LogP contribution in [-0.2, 0) is 0 Å². The summed E-state index contributed by atoms with van der Waals surface area (Å²) in [5.41, 5.74) is 18.3. The molecule has 0 bridgehead atoms. The van der Waals surface area contributed by atoms with Crippen molar-refractivity contribution in [2.45, 2.75) is 0 Å². The van der Waals surface area contributed by atoms with Crippen LogP contribution >= 0.6 is 0 Å². The van der Waals surface area contributed by atoms with Gasteiger partial charge < -0.3 is 14.4 Å². The monoisotopic (exact) mass is 931 g/mol. The van der Waals surface area contributed by atoms with Gasteiger partial charge in [0.25, 0.3) is 0 Å². The number of hydrogen-bond donors (Lipinski definition) is 0. The summed E-state index contributed by atoms with van der Waals surface area (Å²) in [5, 5.41) is 6.02. The average Bonchev–Trinajstić information content (AvgIpc) is 3.82. The average molecular weight is 932 g/mol. The first-order valence-electron chi connectivity index (χ1n) is 25.0. The Labute approximate surface area is 426 Å². The molecular weight excluding hydrogens is 883 g/mol. The fourth-order valence-corrected chi connectivity index (χ4v) is 10.8. The fraction of sp³-hybridized carbons (Fsp3) is 0.